The summed E-state index contributed by atoms with van der Waals surface area (Å²) < 4.78 is 35.5. The molecule has 4 rings (SSSR count). The fraction of sp³-hybridized carbons (Fsp3) is 0.667. The summed E-state index contributed by atoms with van der Waals surface area (Å²) in [5.74, 6) is 0.416. The Bertz CT molecular complexity index is 790. The summed E-state index contributed by atoms with van der Waals surface area (Å²) >= 11 is 0. The normalized spacial score (nSPS) is 30.4. The Morgan fingerprint density at radius 3 is 2.39 bits per heavy atom. The second-order valence-electron chi connectivity index (χ2n) is 8.93. The number of esters is 1. The number of hydrogen-bond donors (Lipinski definition) is 0. The standard InChI is InChI=1S/C24H30FNO5/c25-23-11-21(10-7-19(23)12-26)31-24(27)18-3-1-16(2-4-18)17-5-8-20(9-6-17)30-15-28-13-22-14-29-22/h7,10-11,16-18,20,22H,1-6,8-9,13-15H2. The van der Waals surface area contributed by atoms with E-state index in [0.717, 1.165) is 51.2 Å². The summed E-state index contributed by atoms with van der Waals surface area (Å²) in [6, 6.07) is 5.67. The first-order valence-electron chi connectivity index (χ1n) is 11.3. The molecule has 0 radical (unpaired) electrons. The third-order valence-electron chi connectivity index (χ3n) is 6.86. The molecule has 0 N–H and O–H groups in total. The van der Waals surface area contributed by atoms with Crippen molar-refractivity contribution in [1.29, 1.82) is 5.26 Å². The zero-order valence-corrected chi connectivity index (χ0v) is 17.8. The van der Waals surface area contributed by atoms with E-state index >= 15 is 0 Å². The van der Waals surface area contributed by atoms with Crippen LogP contribution in [-0.4, -0.2) is 38.2 Å². The first kappa shape index (κ1) is 22.2. The van der Waals surface area contributed by atoms with Gasteiger partial charge < -0.3 is 18.9 Å². The Labute approximate surface area is 182 Å². The molecule has 3 fully saturated rings. The van der Waals surface area contributed by atoms with E-state index < -0.39 is 5.82 Å². The van der Waals surface area contributed by atoms with E-state index in [-0.39, 0.29) is 35.4 Å². The maximum absolute atomic E-state index is 13.7. The number of halogens is 1. The molecule has 2 aliphatic carbocycles. The fourth-order valence-corrected chi connectivity index (χ4v) is 4.89. The summed E-state index contributed by atoms with van der Waals surface area (Å²) in [7, 11) is 0. The highest BCUT2D eigenvalue weighted by Gasteiger charge is 2.34. The number of ether oxygens (including phenoxy) is 4. The van der Waals surface area contributed by atoms with Crippen LogP contribution < -0.4 is 4.74 Å². The molecule has 0 amide bonds. The molecule has 7 heteroatoms. The Kier molecular flexibility index (Phi) is 7.54. The van der Waals surface area contributed by atoms with E-state index in [1.165, 1.54) is 25.0 Å². The van der Waals surface area contributed by atoms with Gasteiger partial charge in [-0.25, -0.2) is 4.39 Å². The van der Waals surface area contributed by atoms with Crippen molar-refractivity contribution in [2.75, 3.05) is 20.0 Å². The number of carbonyl (C=O) groups is 1. The van der Waals surface area contributed by atoms with Crippen LogP contribution in [0.2, 0.25) is 0 Å². The van der Waals surface area contributed by atoms with Gasteiger partial charge in [0.15, 0.2) is 0 Å². The molecule has 0 bridgehead atoms. The van der Waals surface area contributed by atoms with Crippen LogP contribution in [-0.2, 0) is 19.0 Å². The molecule has 1 aromatic rings. The van der Waals surface area contributed by atoms with Gasteiger partial charge in [-0.15, -0.1) is 0 Å². The lowest BCUT2D eigenvalue weighted by Crippen LogP contribution is -2.31. The van der Waals surface area contributed by atoms with Crippen molar-refractivity contribution in [3.63, 3.8) is 0 Å². The molecule has 1 aliphatic heterocycles. The lowest BCUT2D eigenvalue weighted by molar-refractivity contribution is -0.140. The molecule has 1 atom stereocenters. The molecule has 1 unspecified atom stereocenters. The number of epoxide rings is 1. The number of benzene rings is 1. The highest BCUT2D eigenvalue weighted by molar-refractivity contribution is 5.75. The Hall–Kier alpha value is -2.01. The van der Waals surface area contributed by atoms with Crippen molar-refractivity contribution in [1.82, 2.24) is 0 Å². The number of nitrogens with zero attached hydrogens (tertiary/aromatic N) is 1. The second-order valence-corrected chi connectivity index (χ2v) is 8.93. The second kappa shape index (κ2) is 10.5. The van der Waals surface area contributed by atoms with Gasteiger partial charge in [-0.2, -0.15) is 5.26 Å². The molecular formula is C24H30FNO5. The van der Waals surface area contributed by atoms with Crippen LogP contribution in [0.3, 0.4) is 0 Å². The van der Waals surface area contributed by atoms with Crippen molar-refractivity contribution in [2.45, 2.75) is 63.6 Å². The first-order valence-corrected chi connectivity index (χ1v) is 11.3. The molecule has 1 saturated heterocycles. The minimum atomic E-state index is -0.667. The van der Waals surface area contributed by atoms with Crippen LogP contribution >= 0.6 is 0 Å². The van der Waals surface area contributed by atoms with E-state index in [1.54, 1.807) is 6.07 Å². The molecule has 0 spiro atoms. The molecule has 1 aromatic carbocycles. The van der Waals surface area contributed by atoms with E-state index in [1.807, 2.05) is 0 Å². The average molecular weight is 432 g/mol. The van der Waals surface area contributed by atoms with Gasteiger partial charge in [0, 0.05) is 6.07 Å². The summed E-state index contributed by atoms with van der Waals surface area (Å²) in [5, 5.41) is 8.80. The Balaban J connectivity index is 1.14. The minimum absolute atomic E-state index is 0.0548. The van der Waals surface area contributed by atoms with Gasteiger partial charge in [-0.1, -0.05) is 0 Å². The Morgan fingerprint density at radius 1 is 1.10 bits per heavy atom. The highest BCUT2D eigenvalue weighted by Crippen LogP contribution is 2.41. The van der Waals surface area contributed by atoms with E-state index in [4.69, 9.17) is 24.2 Å². The van der Waals surface area contributed by atoms with Gasteiger partial charge in [0.2, 0.25) is 0 Å². The summed E-state index contributed by atoms with van der Waals surface area (Å²) in [5.41, 5.74) is -0.0548. The predicted octanol–water partition coefficient (Wildman–Crippen LogP) is 4.36. The monoisotopic (exact) mass is 431 g/mol. The highest BCUT2D eigenvalue weighted by atomic mass is 19.1. The van der Waals surface area contributed by atoms with Crippen molar-refractivity contribution in [3.8, 4) is 11.8 Å². The van der Waals surface area contributed by atoms with Crippen LogP contribution in [0, 0.1) is 34.9 Å². The number of nitriles is 1. The first-order chi connectivity index (χ1) is 15.1. The maximum atomic E-state index is 13.7. The third-order valence-corrected chi connectivity index (χ3v) is 6.86. The maximum Gasteiger partial charge on any atom is 0.314 e. The van der Waals surface area contributed by atoms with Crippen molar-refractivity contribution < 1.29 is 28.1 Å². The largest absolute Gasteiger partial charge is 0.426 e. The molecule has 168 valence electrons. The van der Waals surface area contributed by atoms with Gasteiger partial charge >= 0.3 is 5.97 Å². The fourth-order valence-electron chi connectivity index (χ4n) is 4.89. The predicted molar refractivity (Wildman–Crippen MR) is 110 cm³/mol. The van der Waals surface area contributed by atoms with Crippen LogP contribution in [0.4, 0.5) is 4.39 Å². The third kappa shape index (κ3) is 6.25. The minimum Gasteiger partial charge on any atom is -0.426 e. The molecule has 2 saturated carbocycles. The van der Waals surface area contributed by atoms with E-state index in [2.05, 4.69) is 0 Å². The van der Waals surface area contributed by atoms with E-state index in [0.29, 0.717) is 25.2 Å². The summed E-state index contributed by atoms with van der Waals surface area (Å²) in [6.07, 6.45) is 8.73. The quantitative estimate of drug-likeness (QED) is 0.200. The number of hydrogen-bond acceptors (Lipinski definition) is 6. The molecule has 6 nitrogen and oxygen atoms in total. The van der Waals surface area contributed by atoms with Crippen LogP contribution in [0.15, 0.2) is 18.2 Å². The van der Waals surface area contributed by atoms with Crippen LogP contribution in [0.1, 0.15) is 56.9 Å². The SMILES string of the molecule is N#Cc1ccc(OC(=O)C2CCC(C3CCC(OCOCC4CO4)CC3)CC2)cc1F. The smallest absolute Gasteiger partial charge is 0.314 e. The molecule has 31 heavy (non-hydrogen) atoms. The zero-order valence-electron chi connectivity index (χ0n) is 17.8. The van der Waals surface area contributed by atoms with E-state index in [9.17, 15) is 9.18 Å². The van der Waals surface area contributed by atoms with Crippen molar-refractivity contribution in [3.05, 3.63) is 29.6 Å². The van der Waals surface area contributed by atoms with Crippen molar-refractivity contribution >= 4 is 5.97 Å². The van der Waals surface area contributed by atoms with Crippen LogP contribution in [0.25, 0.3) is 0 Å². The molecule has 3 aliphatic rings. The summed E-state index contributed by atoms with van der Waals surface area (Å²) in [6.45, 7) is 1.78. The van der Waals surface area contributed by atoms with Crippen molar-refractivity contribution in [2.24, 2.45) is 17.8 Å². The van der Waals surface area contributed by atoms with Crippen LogP contribution in [0.5, 0.6) is 5.75 Å². The Morgan fingerprint density at radius 2 is 1.77 bits per heavy atom. The number of rotatable bonds is 8. The molecule has 1 heterocycles. The topological polar surface area (TPSA) is 81.1 Å². The van der Waals surface area contributed by atoms with Gasteiger partial charge in [-0.3, -0.25) is 4.79 Å². The zero-order chi connectivity index (χ0) is 21.6. The summed E-state index contributed by atoms with van der Waals surface area (Å²) in [4.78, 5) is 12.5. The average Bonchev–Trinajstić information content (AvgIpc) is 3.62. The van der Waals surface area contributed by atoms with Gasteiger partial charge in [0.05, 0.1) is 30.8 Å². The molecule has 0 aromatic heterocycles. The van der Waals surface area contributed by atoms with Gasteiger partial charge in [-0.05, 0) is 75.3 Å². The van der Waals surface area contributed by atoms with Gasteiger partial charge in [0.1, 0.15) is 30.5 Å². The number of carbonyl (C=O) groups excluding carboxylic acids is 1. The van der Waals surface area contributed by atoms with Gasteiger partial charge in [0.25, 0.3) is 0 Å². The lowest BCUT2D eigenvalue weighted by Gasteiger charge is -2.37. The molecular weight excluding hydrogens is 401 g/mol. The lowest BCUT2D eigenvalue weighted by atomic mass is 9.70.